The maximum absolute atomic E-state index is 12.8. The van der Waals surface area contributed by atoms with Gasteiger partial charge >= 0.3 is 0 Å². The minimum absolute atomic E-state index is 0.0720. The zero-order valence-electron chi connectivity index (χ0n) is 14.6. The Labute approximate surface area is 148 Å². The summed E-state index contributed by atoms with van der Waals surface area (Å²) in [6.45, 7) is 1.89. The van der Waals surface area contributed by atoms with Gasteiger partial charge in [-0.25, -0.2) is 4.98 Å². The quantitative estimate of drug-likeness (QED) is 0.892. The highest BCUT2D eigenvalue weighted by atomic mass is 16.3. The van der Waals surface area contributed by atoms with E-state index in [4.69, 9.17) is 10.2 Å². The molecule has 0 aliphatic heterocycles. The van der Waals surface area contributed by atoms with Gasteiger partial charge in [0.25, 0.3) is 0 Å². The Hall–Kier alpha value is -2.14. The predicted octanol–water partition coefficient (Wildman–Crippen LogP) is 3.74. The maximum Gasteiger partial charge on any atom is 0.227 e. The molecule has 4 rings (SSSR count). The zero-order chi connectivity index (χ0) is 17.4. The van der Waals surface area contributed by atoms with Crippen LogP contribution in [0.4, 0.5) is 5.69 Å². The highest BCUT2D eigenvalue weighted by Gasteiger charge is 2.40. The minimum Gasteiger partial charge on any atom is -0.444 e. The number of nitrogens with zero attached hydrogens (tertiary/aromatic N) is 1. The lowest BCUT2D eigenvalue weighted by atomic mass is 9.65. The van der Waals surface area contributed by atoms with Crippen LogP contribution in [0, 0.1) is 24.7 Å². The molecule has 1 heterocycles. The summed E-state index contributed by atoms with van der Waals surface area (Å²) in [5.74, 6) is 1.77. The molecular formula is C20H25N3O2. The van der Waals surface area contributed by atoms with E-state index in [1.165, 1.54) is 19.3 Å². The largest absolute Gasteiger partial charge is 0.444 e. The summed E-state index contributed by atoms with van der Waals surface area (Å²) in [6.07, 6.45) is 7.06. The zero-order valence-corrected chi connectivity index (χ0v) is 14.6. The van der Waals surface area contributed by atoms with Crippen LogP contribution in [0.1, 0.15) is 37.8 Å². The summed E-state index contributed by atoms with van der Waals surface area (Å²) in [5, 5.41) is 3.08. The van der Waals surface area contributed by atoms with Crippen LogP contribution in [0.15, 0.2) is 34.9 Å². The normalized spacial score (nSPS) is 28.6. The number of aryl methyl sites for hydroxylation is 1. The Morgan fingerprint density at radius 3 is 2.72 bits per heavy atom. The first kappa shape index (κ1) is 16.3. The summed E-state index contributed by atoms with van der Waals surface area (Å²) in [7, 11) is 0. The van der Waals surface area contributed by atoms with Gasteiger partial charge in [0.05, 0.1) is 5.69 Å². The monoisotopic (exact) mass is 339 g/mol. The third-order valence-electron chi connectivity index (χ3n) is 5.78. The van der Waals surface area contributed by atoms with Crippen molar-refractivity contribution in [1.29, 1.82) is 0 Å². The molecule has 2 aromatic rings. The van der Waals surface area contributed by atoms with E-state index < -0.39 is 0 Å². The average Bonchev–Trinajstić information content (AvgIpc) is 3.01. The summed E-state index contributed by atoms with van der Waals surface area (Å²) in [6, 6.07) is 7.96. The Balaban J connectivity index is 1.46. The Kier molecular flexibility index (Phi) is 4.34. The number of nitrogens with two attached hydrogens (primary N) is 1. The van der Waals surface area contributed by atoms with Crippen LogP contribution >= 0.6 is 0 Å². The van der Waals surface area contributed by atoms with Gasteiger partial charge in [-0.2, -0.15) is 0 Å². The van der Waals surface area contributed by atoms with Gasteiger partial charge in [-0.05, 0) is 62.6 Å². The van der Waals surface area contributed by atoms with Crippen molar-refractivity contribution in [2.75, 3.05) is 5.32 Å². The van der Waals surface area contributed by atoms with Gasteiger partial charge in [-0.1, -0.05) is 12.5 Å². The Morgan fingerprint density at radius 2 is 2.04 bits per heavy atom. The van der Waals surface area contributed by atoms with Gasteiger partial charge in [0.15, 0.2) is 0 Å². The summed E-state index contributed by atoms with van der Waals surface area (Å²) >= 11 is 0. The number of benzene rings is 1. The van der Waals surface area contributed by atoms with E-state index in [-0.39, 0.29) is 17.9 Å². The maximum atomic E-state index is 12.8. The first-order chi connectivity index (χ1) is 12.1. The Morgan fingerprint density at radius 1 is 1.28 bits per heavy atom. The molecule has 1 aromatic heterocycles. The number of hydrogen-bond donors (Lipinski definition) is 2. The van der Waals surface area contributed by atoms with Crippen LogP contribution in [0.3, 0.4) is 0 Å². The van der Waals surface area contributed by atoms with Crippen LogP contribution in [0.2, 0.25) is 0 Å². The van der Waals surface area contributed by atoms with E-state index in [0.717, 1.165) is 29.8 Å². The SMILES string of the molecule is Cc1coc(-c2cccc(NC(=O)C3CC4CCCC(C3)C4N)c2)n1. The molecule has 1 aromatic carbocycles. The number of hydrogen-bond acceptors (Lipinski definition) is 4. The summed E-state index contributed by atoms with van der Waals surface area (Å²) in [4.78, 5) is 17.1. The molecule has 1 amide bonds. The molecule has 2 aliphatic carbocycles. The molecule has 2 aliphatic rings. The Bertz CT molecular complexity index is 756. The molecule has 5 nitrogen and oxygen atoms in total. The number of carbonyl (C=O) groups is 1. The second-order valence-electron chi connectivity index (χ2n) is 7.56. The topological polar surface area (TPSA) is 81.2 Å². The van der Waals surface area contributed by atoms with Crippen molar-refractivity contribution >= 4 is 11.6 Å². The number of carbonyl (C=O) groups excluding carboxylic acids is 1. The van der Waals surface area contributed by atoms with Crippen molar-refractivity contribution in [3.05, 3.63) is 36.2 Å². The van der Waals surface area contributed by atoms with E-state index >= 15 is 0 Å². The fourth-order valence-corrected chi connectivity index (χ4v) is 4.46. The molecule has 132 valence electrons. The molecular weight excluding hydrogens is 314 g/mol. The lowest BCUT2D eigenvalue weighted by Crippen LogP contribution is -2.48. The van der Waals surface area contributed by atoms with Gasteiger partial charge in [-0.3, -0.25) is 4.79 Å². The molecule has 25 heavy (non-hydrogen) atoms. The van der Waals surface area contributed by atoms with Gasteiger partial charge < -0.3 is 15.5 Å². The molecule has 2 atom stereocenters. The standard InChI is InChI=1S/C20H25N3O2/c1-12-11-25-20(22-12)15-6-3-7-17(10-15)23-19(24)16-8-13-4-2-5-14(9-16)18(13)21/h3,6-7,10-11,13-14,16,18H,2,4-5,8-9,21H2,1H3,(H,23,24). The number of rotatable bonds is 3. The van der Waals surface area contributed by atoms with Gasteiger partial charge in [0.2, 0.25) is 11.8 Å². The van der Waals surface area contributed by atoms with Crippen LogP contribution in [-0.2, 0) is 4.79 Å². The number of aromatic nitrogens is 1. The highest BCUT2D eigenvalue weighted by molar-refractivity contribution is 5.93. The molecule has 0 radical (unpaired) electrons. The van der Waals surface area contributed by atoms with Crippen LogP contribution in [-0.4, -0.2) is 16.9 Å². The molecule has 2 fully saturated rings. The van der Waals surface area contributed by atoms with Gasteiger partial charge in [0.1, 0.15) is 6.26 Å². The van der Waals surface area contributed by atoms with Crippen LogP contribution in [0.25, 0.3) is 11.5 Å². The molecule has 0 saturated heterocycles. The molecule has 5 heteroatoms. The van der Waals surface area contributed by atoms with E-state index in [0.29, 0.717) is 17.7 Å². The van der Waals surface area contributed by atoms with Crippen molar-refractivity contribution in [3.8, 4) is 11.5 Å². The van der Waals surface area contributed by atoms with E-state index in [1.807, 2.05) is 31.2 Å². The number of oxazole rings is 1. The number of fused-ring (bicyclic) bond motifs is 2. The molecule has 2 unspecified atom stereocenters. The first-order valence-electron chi connectivity index (χ1n) is 9.19. The number of nitrogens with one attached hydrogen (secondary N) is 1. The third kappa shape index (κ3) is 3.33. The molecule has 0 spiro atoms. The lowest BCUT2D eigenvalue weighted by molar-refractivity contribution is -0.122. The van der Waals surface area contributed by atoms with E-state index in [2.05, 4.69) is 10.3 Å². The van der Waals surface area contributed by atoms with Crippen LogP contribution < -0.4 is 11.1 Å². The third-order valence-corrected chi connectivity index (χ3v) is 5.78. The van der Waals surface area contributed by atoms with Gasteiger partial charge in [-0.15, -0.1) is 0 Å². The second kappa shape index (κ2) is 6.64. The smallest absolute Gasteiger partial charge is 0.227 e. The van der Waals surface area contributed by atoms with Gasteiger partial charge in [0, 0.05) is 23.2 Å². The minimum atomic E-state index is 0.0720. The summed E-state index contributed by atoms with van der Waals surface area (Å²) < 4.78 is 5.45. The second-order valence-corrected chi connectivity index (χ2v) is 7.56. The number of anilines is 1. The van der Waals surface area contributed by atoms with Crippen molar-refractivity contribution in [2.45, 2.75) is 45.1 Å². The van der Waals surface area contributed by atoms with Crippen LogP contribution in [0.5, 0.6) is 0 Å². The summed E-state index contributed by atoms with van der Waals surface area (Å²) in [5.41, 5.74) is 8.84. The van der Waals surface area contributed by atoms with Crippen molar-refractivity contribution in [2.24, 2.45) is 23.5 Å². The fraction of sp³-hybridized carbons (Fsp3) is 0.500. The molecule has 3 N–H and O–H groups in total. The average molecular weight is 339 g/mol. The molecule has 2 bridgehead atoms. The highest BCUT2D eigenvalue weighted by Crippen LogP contribution is 2.42. The van der Waals surface area contributed by atoms with E-state index in [9.17, 15) is 4.79 Å². The lowest BCUT2D eigenvalue weighted by Gasteiger charge is -2.43. The number of amides is 1. The first-order valence-corrected chi connectivity index (χ1v) is 9.19. The predicted molar refractivity (Wildman–Crippen MR) is 96.8 cm³/mol. The van der Waals surface area contributed by atoms with E-state index in [1.54, 1.807) is 6.26 Å². The van der Waals surface area contributed by atoms with Crippen molar-refractivity contribution in [3.63, 3.8) is 0 Å². The van der Waals surface area contributed by atoms with Crippen molar-refractivity contribution in [1.82, 2.24) is 4.98 Å². The fourth-order valence-electron chi connectivity index (χ4n) is 4.46. The molecule has 2 saturated carbocycles. The van der Waals surface area contributed by atoms with Crippen molar-refractivity contribution < 1.29 is 9.21 Å².